The van der Waals surface area contributed by atoms with Gasteiger partial charge in [-0.25, -0.2) is 0 Å². The third-order valence-electron chi connectivity index (χ3n) is 5.26. The van der Waals surface area contributed by atoms with Crippen LogP contribution in [0.25, 0.3) is 10.2 Å². The zero-order valence-corrected chi connectivity index (χ0v) is 17.8. The summed E-state index contributed by atoms with van der Waals surface area (Å²) in [5, 5.41) is 0.618. The number of carbonyl (C=O) groups is 1. The van der Waals surface area contributed by atoms with E-state index in [9.17, 15) is 9.59 Å². The van der Waals surface area contributed by atoms with Gasteiger partial charge in [-0.2, -0.15) is 4.68 Å². The normalized spacial score (nSPS) is 15.6. The molecule has 156 valence electrons. The second kappa shape index (κ2) is 7.44. The standard InChI is InChI=1S/C20H19N3O5S2/c1-10(28-11-6-7-13-14(8-11)27-9-26-13)17(24)22-23-19(25)16-12-4-2-3-5-15(12)30-18(16)21-20(23)29/h6-8,10H,2-5,9H2,1H3,(H,21,29)(H,22,24)/t10-/m0/s1. The predicted octanol–water partition coefficient (Wildman–Crippen LogP) is 3.27. The molecule has 1 atom stereocenters. The average molecular weight is 446 g/mol. The number of benzene rings is 1. The van der Waals surface area contributed by atoms with Gasteiger partial charge in [0.05, 0.1) is 5.39 Å². The van der Waals surface area contributed by atoms with Crippen molar-refractivity contribution in [3.63, 3.8) is 0 Å². The number of amides is 1. The molecule has 0 unspecified atom stereocenters. The second-order valence-corrected chi connectivity index (χ2v) is 8.73. The molecule has 3 aromatic rings. The maximum Gasteiger partial charge on any atom is 0.282 e. The van der Waals surface area contributed by atoms with Crippen molar-refractivity contribution in [3.8, 4) is 17.2 Å². The fourth-order valence-electron chi connectivity index (χ4n) is 3.75. The molecule has 0 spiro atoms. The summed E-state index contributed by atoms with van der Waals surface area (Å²) in [6.07, 6.45) is 3.16. The van der Waals surface area contributed by atoms with E-state index in [1.807, 2.05) is 0 Å². The van der Waals surface area contributed by atoms with Gasteiger partial charge in [-0.1, -0.05) is 0 Å². The van der Waals surface area contributed by atoms with Crippen LogP contribution in [-0.4, -0.2) is 28.5 Å². The van der Waals surface area contributed by atoms with E-state index in [4.69, 9.17) is 26.4 Å². The summed E-state index contributed by atoms with van der Waals surface area (Å²) in [5.74, 6) is 1.16. The zero-order valence-electron chi connectivity index (χ0n) is 16.1. The van der Waals surface area contributed by atoms with Gasteiger partial charge in [0, 0.05) is 10.9 Å². The minimum Gasteiger partial charge on any atom is -0.481 e. The van der Waals surface area contributed by atoms with E-state index in [2.05, 4.69) is 10.4 Å². The van der Waals surface area contributed by atoms with Crippen LogP contribution in [0.1, 0.15) is 30.2 Å². The highest BCUT2D eigenvalue weighted by atomic mass is 32.1. The maximum absolute atomic E-state index is 13.1. The number of carbonyl (C=O) groups excluding carboxylic acids is 1. The van der Waals surface area contributed by atoms with Gasteiger partial charge in [-0.3, -0.25) is 15.0 Å². The van der Waals surface area contributed by atoms with Crippen molar-refractivity contribution in [1.29, 1.82) is 0 Å². The summed E-state index contributed by atoms with van der Waals surface area (Å²) in [5.41, 5.74) is 3.36. The van der Waals surface area contributed by atoms with E-state index < -0.39 is 12.0 Å². The fraction of sp³-hybridized carbons (Fsp3) is 0.350. The monoisotopic (exact) mass is 445 g/mol. The van der Waals surface area contributed by atoms with Crippen molar-refractivity contribution in [3.05, 3.63) is 43.8 Å². The van der Waals surface area contributed by atoms with Crippen LogP contribution >= 0.6 is 23.6 Å². The van der Waals surface area contributed by atoms with Gasteiger partial charge in [0.25, 0.3) is 11.5 Å². The number of H-pyrrole nitrogens is 1. The molecular formula is C20H19N3O5S2. The molecule has 0 radical (unpaired) electrons. The van der Waals surface area contributed by atoms with Gasteiger partial charge in [-0.15, -0.1) is 11.3 Å². The molecule has 2 aromatic heterocycles. The van der Waals surface area contributed by atoms with Gasteiger partial charge in [0.2, 0.25) is 11.6 Å². The highest BCUT2D eigenvalue weighted by Crippen LogP contribution is 2.35. The number of ether oxygens (including phenoxy) is 3. The number of aromatic amines is 1. The van der Waals surface area contributed by atoms with Crippen molar-refractivity contribution < 1.29 is 19.0 Å². The number of nitrogens with one attached hydrogen (secondary N) is 2. The second-order valence-electron chi connectivity index (χ2n) is 7.24. The molecule has 0 saturated carbocycles. The first-order valence-electron chi connectivity index (χ1n) is 9.68. The summed E-state index contributed by atoms with van der Waals surface area (Å²) in [7, 11) is 0. The van der Waals surface area contributed by atoms with Crippen LogP contribution in [0.15, 0.2) is 23.0 Å². The first-order chi connectivity index (χ1) is 14.5. The van der Waals surface area contributed by atoms with E-state index in [1.165, 1.54) is 4.88 Å². The Kier molecular flexibility index (Phi) is 4.75. The number of nitrogens with zero attached hydrogens (tertiary/aromatic N) is 1. The third kappa shape index (κ3) is 3.25. The van der Waals surface area contributed by atoms with Crippen LogP contribution in [0, 0.1) is 4.77 Å². The summed E-state index contributed by atoms with van der Waals surface area (Å²) < 4.78 is 17.5. The predicted molar refractivity (Wildman–Crippen MR) is 115 cm³/mol. The van der Waals surface area contributed by atoms with Crippen LogP contribution in [0.2, 0.25) is 0 Å². The van der Waals surface area contributed by atoms with E-state index in [1.54, 1.807) is 36.5 Å². The van der Waals surface area contributed by atoms with Crippen molar-refractivity contribution in [2.24, 2.45) is 0 Å². The largest absolute Gasteiger partial charge is 0.481 e. The molecule has 30 heavy (non-hydrogen) atoms. The third-order valence-corrected chi connectivity index (χ3v) is 6.75. The number of rotatable bonds is 4. The quantitative estimate of drug-likeness (QED) is 0.599. The van der Waals surface area contributed by atoms with Crippen molar-refractivity contribution in [2.45, 2.75) is 38.7 Å². The summed E-state index contributed by atoms with van der Waals surface area (Å²) in [6, 6.07) is 5.07. The molecule has 0 saturated heterocycles. The van der Waals surface area contributed by atoms with E-state index >= 15 is 0 Å². The lowest BCUT2D eigenvalue weighted by Crippen LogP contribution is -2.40. The highest BCUT2D eigenvalue weighted by Gasteiger charge is 2.23. The summed E-state index contributed by atoms with van der Waals surface area (Å²) in [4.78, 5) is 30.9. The lowest BCUT2D eigenvalue weighted by atomic mass is 9.97. The fourth-order valence-corrected chi connectivity index (χ4v) is 5.32. The Balaban J connectivity index is 1.40. The summed E-state index contributed by atoms with van der Waals surface area (Å²) in [6.45, 7) is 1.76. The topological polar surface area (TPSA) is 94.6 Å². The molecule has 0 fully saturated rings. The highest BCUT2D eigenvalue weighted by molar-refractivity contribution is 7.71. The van der Waals surface area contributed by atoms with Crippen LogP contribution in [-0.2, 0) is 17.6 Å². The molecule has 0 bridgehead atoms. The minimum absolute atomic E-state index is 0.148. The molecule has 8 nitrogen and oxygen atoms in total. The molecule has 1 aliphatic carbocycles. The van der Waals surface area contributed by atoms with E-state index in [0.717, 1.165) is 40.8 Å². The van der Waals surface area contributed by atoms with Gasteiger partial charge >= 0.3 is 0 Å². The SMILES string of the molecule is C[C@H](Oc1ccc2c(c1)OCO2)C(=O)Nn1c(=S)[nH]c2sc3c(c2c1=O)CCCC3. The van der Waals surface area contributed by atoms with E-state index in [-0.39, 0.29) is 17.1 Å². The number of fused-ring (bicyclic) bond motifs is 4. The first kappa shape index (κ1) is 19.1. The van der Waals surface area contributed by atoms with Gasteiger partial charge in [0.1, 0.15) is 10.6 Å². The zero-order chi connectivity index (χ0) is 20.8. The Hall–Kier alpha value is -2.85. The Labute approximate surface area is 180 Å². The lowest BCUT2D eigenvalue weighted by molar-refractivity contribution is -0.123. The van der Waals surface area contributed by atoms with Gasteiger partial charge in [-0.05, 0) is 62.5 Å². The van der Waals surface area contributed by atoms with Crippen molar-refractivity contribution >= 4 is 39.7 Å². The average Bonchev–Trinajstić information content (AvgIpc) is 3.34. The molecule has 2 aliphatic rings. The Morgan fingerprint density at radius 3 is 2.97 bits per heavy atom. The number of aryl methyl sites for hydroxylation is 2. The number of hydrogen-bond donors (Lipinski definition) is 2. The van der Waals surface area contributed by atoms with Crippen LogP contribution in [0.5, 0.6) is 17.2 Å². The smallest absolute Gasteiger partial charge is 0.282 e. The molecular weight excluding hydrogens is 426 g/mol. The maximum atomic E-state index is 13.1. The molecule has 1 aliphatic heterocycles. The molecule has 3 heterocycles. The Morgan fingerprint density at radius 1 is 1.30 bits per heavy atom. The molecule has 2 N–H and O–H groups in total. The van der Waals surface area contributed by atoms with Crippen molar-refractivity contribution in [1.82, 2.24) is 9.66 Å². The molecule has 10 heteroatoms. The first-order valence-corrected chi connectivity index (χ1v) is 10.9. The number of aromatic nitrogens is 2. The van der Waals surface area contributed by atoms with Crippen LogP contribution in [0.4, 0.5) is 0 Å². The minimum atomic E-state index is -0.862. The number of thiophene rings is 1. The van der Waals surface area contributed by atoms with Crippen LogP contribution < -0.4 is 25.2 Å². The molecule has 1 aromatic carbocycles. The van der Waals surface area contributed by atoms with E-state index in [0.29, 0.717) is 22.6 Å². The van der Waals surface area contributed by atoms with Crippen molar-refractivity contribution in [2.75, 3.05) is 12.2 Å². The van der Waals surface area contributed by atoms with Gasteiger partial charge in [0.15, 0.2) is 17.6 Å². The summed E-state index contributed by atoms with van der Waals surface area (Å²) >= 11 is 6.90. The number of hydrogen-bond acceptors (Lipinski definition) is 7. The Morgan fingerprint density at radius 2 is 2.10 bits per heavy atom. The molecule has 1 amide bonds. The van der Waals surface area contributed by atoms with Crippen LogP contribution in [0.3, 0.4) is 0 Å². The Bertz CT molecular complexity index is 1280. The lowest BCUT2D eigenvalue weighted by Gasteiger charge is -2.16. The molecule has 5 rings (SSSR count). The van der Waals surface area contributed by atoms with Gasteiger partial charge < -0.3 is 19.2 Å².